The predicted molar refractivity (Wildman–Crippen MR) is 80.7 cm³/mol. The number of nitrogens with one attached hydrogen (secondary N) is 1. The fraction of sp³-hybridized carbons (Fsp3) is 0.706. The quantitative estimate of drug-likeness (QED) is 0.899. The van der Waals surface area contributed by atoms with Gasteiger partial charge in [0.05, 0.1) is 0 Å². The topological polar surface area (TPSA) is 34.1 Å². The van der Waals surface area contributed by atoms with E-state index >= 15 is 0 Å². The first-order valence-corrected chi connectivity index (χ1v) is 8.17. The van der Waals surface area contributed by atoms with Crippen molar-refractivity contribution in [2.24, 2.45) is 11.8 Å². The van der Waals surface area contributed by atoms with Crippen LogP contribution < -0.4 is 10.1 Å². The Bertz CT molecular complexity index is 490. The van der Waals surface area contributed by atoms with Gasteiger partial charge in [0.2, 0.25) is 0 Å². The second-order valence-electron chi connectivity index (χ2n) is 6.75. The normalized spacial score (nSPS) is 29.4. The molecule has 1 aromatic heterocycles. The first kappa shape index (κ1) is 14.8. The Morgan fingerprint density at radius 1 is 1.24 bits per heavy atom. The molecule has 0 aromatic carbocycles. The number of hydrogen-bond acceptors (Lipinski definition) is 3. The maximum Gasteiger partial charge on any atom is 0.250 e. The summed E-state index contributed by atoms with van der Waals surface area (Å²) in [4.78, 5) is 4.09. The molecular weight excluding hydrogens is 267 g/mol. The van der Waals surface area contributed by atoms with Crippen LogP contribution in [-0.2, 0) is 6.54 Å². The lowest BCUT2D eigenvalue weighted by Gasteiger charge is -2.32. The summed E-state index contributed by atoms with van der Waals surface area (Å²) in [6, 6.07) is 2.31. The summed E-state index contributed by atoms with van der Waals surface area (Å²) >= 11 is 0. The Kier molecular flexibility index (Phi) is 4.43. The van der Waals surface area contributed by atoms with Gasteiger partial charge in [-0.25, -0.2) is 9.37 Å². The molecule has 3 nitrogen and oxygen atoms in total. The number of pyridine rings is 1. The van der Waals surface area contributed by atoms with E-state index < -0.39 is 0 Å². The van der Waals surface area contributed by atoms with Gasteiger partial charge in [-0.3, -0.25) is 0 Å². The standard InChI is InChI=1S/C17H25FN2O/c1-11-3-6-15(9-12(11)2)21-17-16(18)13(7-8-19-17)10-20-14-4-5-14/h7-8,11-12,14-15,20H,3-6,9-10H2,1-2H3. The van der Waals surface area contributed by atoms with Gasteiger partial charge in [0.1, 0.15) is 6.10 Å². The SMILES string of the molecule is CC1CCC(Oc2nccc(CNC3CC3)c2F)CC1C. The summed E-state index contributed by atoms with van der Waals surface area (Å²) in [6.45, 7) is 5.09. The minimum Gasteiger partial charge on any atom is -0.472 e. The first-order valence-electron chi connectivity index (χ1n) is 8.17. The minimum atomic E-state index is -0.295. The van der Waals surface area contributed by atoms with Gasteiger partial charge in [-0.1, -0.05) is 13.8 Å². The molecule has 0 saturated heterocycles. The summed E-state index contributed by atoms with van der Waals surface area (Å²) < 4.78 is 20.3. The molecule has 1 heterocycles. The maximum atomic E-state index is 14.4. The number of aromatic nitrogens is 1. The molecule has 4 heteroatoms. The van der Waals surface area contributed by atoms with Gasteiger partial charge in [0, 0.05) is 24.3 Å². The molecule has 2 saturated carbocycles. The molecule has 3 unspecified atom stereocenters. The number of nitrogens with zero attached hydrogens (tertiary/aromatic N) is 1. The smallest absolute Gasteiger partial charge is 0.250 e. The highest BCUT2D eigenvalue weighted by molar-refractivity contribution is 5.24. The molecule has 1 N–H and O–H groups in total. The van der Waals surface area contributed by atoms with Gasteiger partial charge in [0.25, 0.3) is 5.88 Å². The van der Waals surface area contributed by atoms with Crippen molar-refractivity contribution in [2.75, 3.05) is 0 Å². The van der Waals surface area contributed by atoms with E-state index in [1.165, 1.54) is 12.8 Å². The van der Waals surface area contributed by atoms with Crippen LogP contribution in [0.1, 0.15) is 51.5 Å². The van der Waals surface area contributed by atoms with Crippen LogP contribution in [0, 0.1) is 17.7 Å². The second-order valence-corrected chi connectivity index (χ2v) is 6.75. The molecule has 3 atom stereocenters. The van der Waals surface area contributed by atoms with E-state index in [9.17, 15) is 4.39 Å². The van der Waals surface area contributed by atoms with Crippen molar-refractivity contribution in [3.63, 3.8) is 0 Å². The van der Waals surface area contributed by atoms with Crippen molar-refractivity contribution in [1.29, 1.82) is 0 Å². The molecule has 2 aliphatic carbocycles. The maximum absolute atomic E-state index is 14.4. The first-order chi connectivity index (χ1) is 10.1. The zero-order valence-electron chi connectivity index (χ0n) is 12.9. The largest absolute Gasteiger partial charge is 0.472 e. The van der Waals surface area contributed by atoms with E-state index in [1.54, 1.807) is 12.3 Å². The fourth-order valence-corrected chi connectivity index (χ4v) is 2.99. The Labute approximate surface area is 126 Å². The van der Waals surface area contributed by atoms with Crippen LogP contribution in [0.4, 0.5) is 4.39 Å². The highest BCUT2D eigenvalue weighted by Crippen LogP contribution is 2.32. The summed E-state index contributed by atoms with van der Waals surface area (Å²) in [5, 5.41) is 3.33. The zero-order chi connectivity index (χ0) is 14.8. The van der Waals surface area contributed by atoms with Crippen LogP contribution in [0.2, 0.25) is 0 Å². The summed E-state index contributed by atoms with van der Waals surface area (Å²) in [5.41, 5.74) is 0.657. The van der Waals surface area contributed by atoms with Crippen molar-refractivity contribution in [2.45, 2.75) is 64.6 Å². The zero-order valence-corrected chi connectivity index (χ0v) is 12.9. The van der Waals surface area contributed by atoms with Gasteiger partial charge in [-0.05, 0) is 50.0 Å². The van der Waals surface area contributed by atoms with Crippen molar-refractivity contribution < 1.29 is 9.13 Å². The van der Waals surface area contributed by atoms with Crippen LogP contribution >= 0.6 is 0 Å². The number of rotatable bonds is 5. The van der Waals surface area contributed by atoms with E-state index in [-0.39, 0.29) is 17.8 Å². The van der Waals surface area contributed by atoms with Gasteiger partial charge >= 0.3 is 0 Å². The van der Waals surface area contributed by atoms with Crippen LogP contribution in [0.3, 0.4) is 0 Å². The van der Waals surface area contributed by atoms with Crippen LogP contribution in [0.15, 0.2) is 12.3 Å². The molecule has 0 spiro atoms. The number of ether oxygens (including phenoxy) is 1. The molecule has 21 heavy (non-hydrogen) atoms. The summed E-state index contributed by atoms with van der Waals surface area (Å²) in [5.74, 6) is 1.25. The van der Waals surface area contributed by atoms with Crippen LogP contribution in [0.5, 0.6) is 5.88 Å². The number of hydrogen-bond donors (Lipinski definition) is 1. The third kappa shape index (κ3) is 3.73. The van der Waals surface area contributed by atoms with E-state index in [0.717, 1.165) is 25.2 Å². The molecule has 2 aliphatic rings. The van der Waals surface area contributed by atoms with Crippen LogP contribution in [-0.4, -0.2) is 17.1 Å². The van der Waals surface area contributed by atoms with Crippen molar-refractivity contribution in [1.82, 2.24) is 10.3 Å². The van der Waals surface area contributed by atoms with Crippen molar-refractivity contribution in [3.05, 3.63) is 23.6 Å². The molecule has 1 aromatic rings. The third-order valence-corrected chi connectivity index (χ3v) is 4.92. The average Bonchev–Trinajstić information content (AvgIpc) is 3.28. The molecule has 0 aliphatic heterocycles. The third-order valence-electron chi connectivity index (χ3n) is 4.92. The Morgan fingerprint density at radius 2 is 2.05 bits per heavy atom. The van der Waals surface area contributed by atoms with Gasteiger partial charge in [-0.15, -0.1) is 0 Å². The monoisotopic (exact) mass is 292 g/mol. The molecule has 116 valence electrons. The van der Waals surface area contributed by atoms with Crippen molar-refractivity contribution in [3.8, 4) is 5.88 Å². The van der Waals surface area contributed by atoms with Crippen molar-refractivity contribution >= 4 is 0 Å². The second kappa shape index (κ2) is 6.30. The summed E-state index contributed by atoms with van der Waals surface area (Å²) in [6.07, 6.45) is 7.30. The summed E-state index contributed by atoms with van der Waals surface area (Å²) in [7, 11) is 0. The number of halogens is 1. The lowest BCUT2D eigenvalue weighted by molar-refractivity contribution is 0.0920. The Morgan fingerprint density at radius 3 is 2.76 bits per heavy atom. The molecular formula is C17H25FN2O. The van der Waals surface area contributed by atoms with Gasteiger partial charge in [0.15, 0.2) is 5.82 Å². The molecule has 0 amide bonds. The highest BCUT2D eigenvalue weighted by Gasteiger charge is 2.27. The van der Waals surface area contributed by atoms with E-state index in [4.69, 9.17) is 4.74 Å². The van der Waals surface area contributed by atoms with Gasteiger partial charge < -0.3 is 10.1 Å². The lowest BCUT2D eigenvalue weighted by Crippen LogP contribution is -2.29. The Hall–Kier alpha value is -1.16. The fourth-order valence-electron chi connectivity index (χ4n) is 2.99. The van der Waals surface area contributed by atoms with E-state index in [2.05, 4.69) is 24.1 Å². The molecule has 3 rings (SSSR count). The van der Waals surface area contributed by atoms with E-state index in [0.29, 0.717) is 24.1 Å². The molecule has 2 fully saturated rings. The lowest BCUT2D eigenvalue weighted by atomic mass is 9.80. The molecule has 0 radical (unpaired) electrons. The van der Waals surface area contributed by atoms with E-state index in [1.807, 2.05) is 0 Å². The predicted octanol–water partition coefficient (Wildman–Crippen LogP) is 3.68. The highest BCUT2D eigenvalue weighted by atomic mass is 19.1. The minimum absolute atomic E-state index is 0.102. The average molecular weight is 292 g/mol. The van der Waals surface area contributed by atoms with Crippen LogP contribution in [0.25, 0.3) is 0 Å². The Balaban J connectivity index is 1.63. The van der Waals surface area contributed by atoms with Gasteiger partial charge in [-0.2, -0.15) is 0 Å². The molecule has 0 bridgehead atoms.